The van der Waals surface area contributed by atoms with Gasteiger partial charge in [-0.2, -0.15) is 4.98 Å². The van der Waals surface area contributed by atoms with Gasteiger partial charge in [-0.15, -0.1) is 0 Å². The Morgan fingerprint density at radius 1 is 0.951 bits per heavy atom. The molecule has 5 N–H and O–H groups in total. The molecule has 0 radical (unpaired) electrons. The van der Waals surface area contributed by atoms with E-state index in [1.54, 1.807) is 26.2 Å². The van der Waals surface area contributed by atoms with Crippen LogP contribution < -0.4 is 34.2 Å². The molecule has 20 heteroatoms. The number of aromatic amines is 1. The fourth-order valence-corrected chi connectivity index (χ4v) is 13.9. The Labute approximate surface area is 474 Å². The van der Waals surface area contributed by atoms with Gasteiger partial charge < -0.3 is 44.8 Å². The highest BCUT2D eigenvalue weighted by Crippen LogP contribution is 2.54. The zero-order chi connectivity index (χ0) is 56.8. The van der Waals surface area contributed by atoms with Crippen molar-refractivity contribution in [1.82, 2.24) is 34.5 Å². The third kappa shape index (κ3) is 12.2. The van der Waals surface area contributed by atoms with Gasteiger partial charge in [-0.05, 0) is 131 Å². The van der Waals surface area contributed by atoms with E-state index in [4.69, 9.17) is 19.2 Å². The monoisotopic (exact) mass is 1130 g/mol. The maximum atomic E-state index is 15.1. The second kappa shape index (κ2) is 23.1. The number of hydroxylamine groups is 1. The molecule has 2 aromatic carbocycles. The van der Waals surface area contributed by atoms with Crippen molar-refractivity contribution in [2.45, 2.75) is 133 Å². The molecule has 2 aliphatic heterocycles. The lowest BCUT2D eigenvalue weighted by Gasteiger charge is -2.58. The molecule has 0 bridgehead atoms. The number of hydrogen-bond acceptors (Lipinski definition) is 15. The van der Waals surface area contributed by atoms with Gasteiger partial charge in [0.25, 0.3) is 21.8 Å². The first-order chi connectivity index (χ1) is 38.9. The molecular weight excluding hydrogens is 1050 g/mol. The number of methoxy groups -OCH3 is 1. The number of hydrogen-bond donors (Lipinski definition) is 5. The molecule has 5 fully saturated rings. The zero-order valence-corrected chi connectivity index (χ0v) is 48.2. The minimum absolute atomic E-state index is 0.00520. The summed E-state index contributed by atoms with van der Waals surface area (Å²) in [6.45, 7) is 14.0. The molecule has 6 heterocycles. The first kappa shape index (κ1) is 56.4. The van der Waals surface area contributed by atoms with Gasteiger partial charge in [-0.3, -0.25) is 14.6 Å². The van der Waals surface area contributed by atoms with E-state index < -0.39 is 32.4 Å². The minimum Gasteiger partial charge on any atom is -0.629 e. The molecule has 81 heavy (non-hydrogen) atoms. The van der Waals surface area contributed by atoms with E-state index in [1.165, 1.54) is 61.0 Å². The number of carbonyl (C=O) groups is 1. The third-order valence-corrected chi connectivity index (χ3v) is 19.1. The fraction of sp³-hybridized carbons (Fsp3) is 0.508. The lowest BCUT2D eigenvalue weighted by Crippen LogP contribution is -2.98. The number of piperidine rings is 1. The summed E-state index contributed by atoms with van der Waals surface area (Å²) in [6.07, 6.45) is 11.7. The number of piperazine rings is 1. The minimum atomic E-state index is -4.60. The number of quaternary nitrogens is 1. The van der Waals surface area contributed by atoms with Crippen LogP contribution in [0.4, 0.5) is 21.6 Å². The average molecular weight is 1130 g/mol. The zero-order valence-electron chi connectivity index (χ0n) is 47.4. The van der Waals surface area contributed by atoms with E-state index in [-0.39, 0.29) is 74.4 Å². The number of aromatic nitrogens is 4. The number of benzene rings is 2. The highest BCUT2D eigenvalue weighted by atomic mass is 32.2. The molecule has 6 aromatic rings. The molecule has 5 aliphatic rings. The number of ether oxygens (including phenoxy) is 3. The largest absolute Gasteiger partial charge is 0.629 e. The number of halogens is 1. The van der Waals surface area contributed by atoms with E-state index in [2.05, 4.69) is 89.9 Å². The number of carbonyl (C=O) groups excluding carboxylic acids is 1. The van der Waals surface area contributed by atoms with Crippen molar-refractivity contribution in [3.63, 3.8) is 0 Å². The number of amides is 1. The summed E-state index contributed by atoms with van der Waals surface area (Å²) < 4.78 is 63.5. The Bertz CT molecular complexity index is 3360. The molecule has 11 rings (SSSR count). The first-order valence-electron chi connectivity index (χ1n) is 28.9. The van der Waals surface area contributed by atoms with Crippen molar-refractivity contribution in [2.75, 3.05) is 70.2 Å². The van der Waals surface area contributed by atoms with Crippen LogP contribution in [0.3, 0.4) is 0 Å². The number of pyridine rings is 3. The maximum absolute atomic E-state index is 15.1. The van der Waals surface area contributed by atoms with Gasteiger partial charge in [-0.25, -0.2) is 27.5 Å². The molecule has 1 unspecified atom stereocenters. The summed E-state index contributed by atoms with van der Waals surface area (Å²) in [5, 5.41) is 26.3. The van der Waals surface area contributed by atoms with Crippen LogP contribution in [0.2, 0.25) is 0 Å². The number of fused-ring (bicyclic) bond motifs is 1. The number of nitrogens with one attached hydrogen (secondary N) is 4. The van der Waals surface area contributed by atoms with Gasteiger partial charge in [-0.1, -0.05) is 44.2 Å². The van der Waals surface area contributed by atoms with E-state index in [1.807, 2.05) is 6.92 Å². The SMILES string of the molecule is CCOc1nc2[nH]cc(F)c2cc1Oc1cc(N2CCC3(CC2)CC(N2CCN(Cc4ccc(C5CC5)c(OC)n4)C[C@H]2c2ccccc2C(C)C)C3)ccc1C(=O)NS(=O)(=O)c1cnc(NC[C@H]2CC[C@](C)(O)CC2)c([NH+](C)[O-])c1. The standard InChI is InChI=1S/C61H77FN10O8S/c1-7-79-59-54(30-49-50(62)35-65-55(49)67-59)80-53-28-42(15-17-48(53)57(73)68-81(76,77)44-29-51(69(5)75)56(64-34-44)63-33-39-18-20-60(4,74)21-19-39)71-24-22-61(23-25-71)31-43(32-61)72-27-26-70(37-52(72)47-11-9-8-10-45(47)38(2)3)36-41-14-16-46(40-12-13-40)58(66-41)78-6/h8-11,14-17,28-30,34-35,38-40,43,52,69,74H,7,12-13,18-27,31-33,36-37H2,1-6H3,(H,63,64)(H,65,67)(H,68,73)/t39-,52-,60-/m0/s1. The van der Waals surface area contributed by atoms with Gasteiger partial charge in [0, 0.05) is 93.5 Å². The Morgan fingerprint density at radius 3 is 2.43 bits per heavy atom. The molecule has 2 atom stereocenters. The summed E-state index contributed by atoms with van der Waals surface area (Å²) in [6, 6.07) is 21.7. The summed E-state index contributed by atoms with van der Waals surface area (Å²) in [5.41, 5.74) is 5.49. The predicted molar refractivity (Wildman–Crippen MR) is 309 cm³/mol. The van der Waals surface area contributed by atoms with Crippen molar-refractivity contribution < 1.29 is 42.0 Å². The van der Waals surface area contributed by atoms with Crippen molar-refractivity contribution in [2.24, 2.45) is 11.3 Å². The molecule has 3 aliphatic carbocycles. The highest BCUT2D eigenvalue weighted by molar-refractivity contribution is 7.90. The van der Waals surface area contributed by atoms with Gasteiger partial charge in [0.05, 0.1) is 49.2 Å². The summed E-state index contributed by atoms with van der Waals surface area (Å²) >= 11 is 0. The Hall–Kier alpha value is -6.42. The van der Waals surface area contributed by atoms with E-state index in [9.17, 15) is 23.5 Å². The Kier molecular flexibility index (Phi) is 16.1. The van der Waals surface area contributed by atoms with Gasteiger partial charge in [0.1, 0.15) is 22.1 Å². The molecular formula is C61H77FN10O8S. The van der Waals surface area contributed by atoms with Crippen LogP contribution in [0, 0.1) is 22.4 Å². The molecule has 2 saturated heterocycles. The van der Waals surface area contributed by atoms with Crippen molar-refractivity contribution in [1.29, 1.82) is 0 Å². The Balaban J connectivity index is 0.804. The number of nitrogens with zero attached hydrogens (tertiary/aromatic N) is 6. The normalized spacial score (nSPS) is 22.2. The first-order valence-corrected chi connectivity index (χ1v) is 30.4. The smallest absolute Gasteiger partial charge is 0.268 e. The topological polar surface area (TPSA) is 215 Å². The van der Waals surface area contributed by atoms with Gasteiger partial charge >= 0.3 is 0 Å². The van der Waals surface area contributed by atoms with Crippen LogP contribution in [0.25, 0.3) is 11.0 Å². The van der Waals surface area contributed by atoms with Crippen LogP contribution >= 0.6 is 0 Å². The molecule has 1 amide bonds. The maximum Gasteiger partial charge on any atom is 0.268 e. The number of H-pyrrole nitrogens is 1. The second-order valence-corrected chi connectivity index (χ2v) is 25.6. The number of aliphatic hydroxyl groups is 1. The molecule has 18 nitrogen and oxygen atoms in total. The number of sulfonamides is 1. The fourth-order valence-electron chi connectivity index (χ4n) is 12.9. The molecule has 4 aromatic heterocycles. The van der Waals surface area contributed by atoms with Crippen LogP contribution in [0.1, 0.15) is 143 Å². The van der Waals surface area contributed by atoms with Crippen LogP contribution in [0.15, 0.2) is 84.0 Å². The lowest BCUT2D eigenvalue weighted by molar-refractivity contribution is -0.751. The van der Waals surface area contributed by atoms with E-state index in [0.29, 0.717) is 37.3 Å². The predicted octanol–water partition coefficient (Wildman–Crippen LogP) is 9.12. The number of anilines is 2. The van der Waals surface area contributed by atoms with Crippen molar-refractivity contribution in [3.8, 4) is 23.3 Å². The summed E-state index contributed by atoms with van der Waals surface area (Å²) in [4.78, 5) is 38.2. The number of rotatable bonds is 19. The summed E-state index contributed by atoms with van der Waals surface area (Å²) in [5.74, 6) is 0.718. The van der Waals surface area contributed by atoms with Crippen LogP contribution in [-0.2, 0) is 16.6 Å². The van der Waals surface area contributed by atoms with E-state index >= 15 is 4.39 Å². The molecule has 3 saturated carbocycles. The second-order valence-electron chi connectivity index (χ2n) is 23.9. The van der Waals surface area contributed by atoms with Gasteiger partial charge in [0.15, 0.2) is 17.3 Å². The van der Waals surface area contributed by atoms with Crippen molar-refractivity contribution >= 4 is 44.2 Å². The summed E-state index contributed by atoms with van der Waals surface area (Å²) in [7, 11) is -1.55. The third-order valence-electron chi connectivity index (χ3n) is 17.8. The average Bonchev–Trinajstić information content (AvgIpc) is 4.30. The molecule has 1 spiro atoms. The quantitative estimate of drug-likeness (QED) is 0.0478. The molecule has 432 valence electrons. The van der Waals surface area contributed by atoms with Crippen molar-refractivity contribution in [3.05, 3.63) is 118 Å². The van der Waals surface area contributed by atoms with E-state index in [0.717, 1.165) is 101 Å². The highest BCUT2D eigenvalue weighted by Gasteiger charge is 2.50. The van der Waals surface area contributed by atoms with Crippen LogP contribution in [0.5, 0.6) is 23.3 Å². The lowest BCUT2D eigenvalue weighted by atomic mass is 9.59. The Morgan fingerprint density at radius 2 is 1.72 bits per heavy atom. The van der Waals surface area contributed by atoms with Gasteiger partial charge in [0.2, 0.25) is 5.88 Å². The van der Waals surface area contributed by atoms with Crippen LogP contribution in [-0.4, -0.2) is 121 Å².